The fraction of sp³-hybridized carbons (Fsp3) is 0.0500. The number of aromatic nitrogens is 3. The van der Waals surface area contributed by atoms with Crippen LogP contribution in [0.15, 0.2) is 60.9 Å². The van der Waals surface area contributed by atoms with Crippen molar-refractivity contribution in [2.45, 2.75) is 6.54 Å². The van der Waals surface area contributed by atoms with Crippen molar-refractivity contribution in [1.29, 1.82) is 0 Å². The van der Waals surface area contributed by atoms with Gasteiger partial charge in [0.15, 0.2) is 0 Å². The van der Waals surface area contributed by atoms with E-state index in [2.05, 4.69) is 15.0 Å². The summed E-state index contributed by atoms with van der Waals surface area (Å²) in [4.78, 5) is 23.0. The summed E-state index contributed by atoms with van der Waals surface area (Å²) in [6, 6.07) is 16.7. The second-order valence-corrected chi connectivity index (χ2v) is 5.95. The van der Waals surface area contributed by atoms with E-state index in [0.717, 1.165) is 39.1 Å². The lowest BCUT2D eigenvalue weighted by molar-refractivity contribution is 0.0697. The molecule has 0 aliphatic heterocycles. The lowest BCUT2D eigenvalue weighted by Gasteiger charge is -2.03. The molecule has 128 valence electrons. The standard InChI is InChI=1S/C20H16N4O2/c21-10-12-1-3-14(4-2-12)18-16-9-17(24-19(16)23-11-22-18)13-5-7-15(8-6-13)20(25)26/h1-9,11H,10,21H2,(H,25,26)(H,22,23,24). The number of nitrogens with one attached hydrogen (secondary N) is 1. The highest BCUT2D eigenvalue weighted by atomic mass is 16.4. The van der Waals surface area contributed by atoms with Crippen molar-refractivity contribution in [3.05, 3.63) is 72.1 Å². The summed E-state index contributed by atoms with van der Waals surface area (Å²) >= 11 is 0. The van der Waals surface area contributed by atoms with E-state index in [-0.39, 0.29) is 5.56 Å². The predicted octanol–water partition coefficient (Wildman–Crippen LogP) is 3.45. The van der Waals surface area contributed by atoms with E-state index in [1.807, 2.05) is 30.3 Å². The van der Waals surface area contributed by atoms with Crippen molar-refractivity contribution in [3.8, 4) is 22.5 Å². The molecule has 2 heterocycles. The first kappa shape index (κ1) is 16.0. The molecule has 0 amide bonds. The van der Waals surface area contributed by atoms with Gasteiger partial charge in [0.2, 0.25) is 0 Å². The molecule has 0 unspecified atom stereocenters. The van der Waals surface area contributed by atoms with Crippen LogP contribution < -0.4 is 5.73 Å². The molecular formula is C20H16N4O2. The van der Waals surface area contributed by atoms with E-state index in [4.69, 9.17) is 10.8 Å². The number of nitrogens with two attached hydrogens (primary N) is 1. The van der Waals surface area contributed by atoms with Gasteiger partial charge in [-0.2, -0.15) is 0 Å². The predicted molar refractivity (Wildman–Crippen MR) is 99.6 cm³/mol. The molecule has 2 aromatic heterocycles. The number of carboxylic acids is 1. The third kappa shape index (κ3) is 2.82. The maximum Gasteiger partial charge on any atom is 0.335 e. The third-order valence-corrected chi connectivity index (χ3v) is 4.33. The van der Waals surface area contributed by atoms with Crippen LogP contribution in [0.4, 0.5) is 0 Å². The van der Waals surface area contributed by atoms with Crippen molar-refractivity contribution in [2.24, 2.45) is 5.73 Å². The Morgan fingerprint density at radius 3 is 2.35 bits per heavy atom. The Hall–Kier alpha value is -3.51. The van der Waals surface area contributed by atoms with Gasteiger partial charge in [-0.05, 0) is 29.3 Å². The molecule has 6 nitrogen and oxygen atoms in total. The van der Waals surface area contributed by atoms with Gasteiger partial charge in [-0.25, -0.2) is 14.8 Å². The number of rotatable bonds is 4. The zero-order valence-electron chi connectivity index (χ0n) is 13.8. The van der Waals surface area contributed by atoms with Crippen molar-refractivity contribution in [1.82, 2.24) is 15.0 Å². The summed E-state index contributed by atoms with van der Waals surface area (Å²) in [5, 5.41) is 9.93. The largest absolute Gasteiger partial charge is 0.478 e. The van der Waals surface area contributed by atoms with Gasteiger partial charge in [-0.15, -0.1) is 0 Å². The molecule has 0 radical (unpaired) electrons. The summed E-state index contributed by atoms with van der Waals surface area (Å²) in [7, 11) is 0. The fourth-order valence-electron chi connectivity index (χ4n) is 2.92. The van der Waals surface area contributed by atoms with E-state index >= 15 is 0 Å². The minimum atomic E-state index is -0.942. The average molecular weight is 344 g/mol. The average Bonchev–Trinajstić information content (AvgIpc) is 3.12. The Labute approximate surface area is 149 Å². The number of hydrogen-bond acceptors (Lipinski definition) is 4. The van der Waals surface area contributed by atoms with Gasteiger partial charge in [0, 0.05) is 23.2 Å². The number of aromatic carboxylic acids is 1. The first-order valence-electron chi connectivity index (χ1n) is 8.12. The molecule has 0 aliphatic carbocycles. The quantitative estimate of drug-likeness (QED) is 0.526. The molecule has 0 aliphatic rings. The number of aromatic amines is 1. The minimum absolute atomic E-state index is 0.255. The molecule has 0 saturated carbocycles. The van der Waals surface area contributed by atoms with E-state index < -0.39 is 5.97 Å². The minimum Gasteiger partial charge on any atom is -0.478 e. The van der Waals surface area contributed by atoms with Gasteiger partial charge in [0.1, 0.15) is 12.0 Å². The molecule has 2 aromatic carbocycles. The SMILES string of the molecule is NCc1ccc(-c2ncnc3[nH]c(-c4ccc(C(=O)O)cc4)cc23)cc1. The maximum absolute atomic E-state index is 11.0. The second kappa shape index (κ2) is 6.42. The Kier molecular flexibility index (Phi) is 3.95. The summed E-state index contributed by atoms with van der Waals surface area (Å²) < 4.78 is 0. The molecule has 0 atom stereocenters. The van der Waals surface area contributed by atoms with Gasteiger partial charge < -0.3 is 15.8 Å². The first-order valence-corrected chi connectivity index (χ1v) is 8.12. The number of nitrogens with zero attached hydrogens (tertiary/aromatic N) is 2. The van der Waals surface area contributed by atoms with Crippen molar-refractivity contribution in [2.75, 3.05) is 0 Å². The van der Waals surface area contributed by atoms with E-state index in [0.29, 0.717) is 6.54 Å². The van der Waals surface area contributed by atoms with Crippen LogP contribution in [0.1, 0.15) is 15.9 Å². The Bertz CT molecular complexity index is 1080. The maximum atomic E-state index is 11.0. The number of carbonyl (C=O) groups is 1. The van der Waals surface area contributed by atoms with Crippen LogP contribution >= 0.6 is 0 Å². The monoisotopic (exact) mass is 344 g/mol. The zero-order chi connectivity index (χ0) is 18.1. The summed E-state index contributed by atoms with van der Waals surface area (Å²) in [6.07, 6.45) is 1.53. The van der Waals surface area contributed by atoms with Crippen molar-refractivity contribution < 1.29 is 9.90 Å². The van der Waals surface area contributed by atoms with Gasteiger partial charge in [0.05, 0.1) is 11.3 Å². The van der Waals surface area contributed by atoms with Crippen LogP contribution in [0.3, 0.4) is 0 Å². The molecule has 0 saturated heterocycles. The van der Waals surface area contributed by atoms with Crippen LogP contribution in [0, 0.1) is 0 Å². The molecule has 4 N–H and O–H groups in total. The molecule has 0 spiro atoms. The Balaban J connectivity index is 1.78. The number of fused-ring (bicyclic) bond motifs is 1. The molecule has 4 aromatic rings. The fourth-order valence-corrected chi connectivity index (χ4v) is 2.92. The van der Waals surface area contributed by atoms with Crippen molar-refractivity contribution in [3.63, 3.8) is 0 Å². The van der Waals surface area contributed by atoms with Gasteiger partial charge in [-0.3, -0.25) is 0 Å². The zero-order valence-corrected chi connectivity index (χ0v) is 13.8. The van der Waals surface area contributed by atoms with Crippen LogP contribution in [-0.4, -0.2) is 26.0 Å². The number of benzene rings is 2. The second-order valence-electron chi connectivity index (χ2n) is 5.95. The summed E-state index contributed by atoms with van der Waals surface area (Å²) in [5.41, 5.74) is 11.3. The summed E-state index contributed by atoms with van der Waals surface area (Å²) in [5.74, 6) is -0.942. The van der Waals surface area contributed by atoms with E-state index in [9.17, 15) is 4.79 Å². The lowest BCUT2D eigenvalue weighted by atomic mass is 10.1. The first-order chi connectivity index (χ1) is 12.7. The number of H-pyrrole nitrogens is 1. The molecule has 4 rings (SSSR count). The van der Waals surface area contributed by atoms with Crippen LogP contribution in [-0.2, 0) is 6.54 Å². The van der Waals surface area contributed by atoms with Gasteiger partial charge in [0.25, 0.3) is 0 Å². The van der Waals surface area contributed by atoms with Gasteiger partial charge in [-0.1, -0.05) is 36.4 Å². The number of carboxylic acid groups (broad SMARTS) is 1. The summed E-state index contributed by atoms with van der Waals surface area (Å²) in [6.45, 7) is 0.500. The molecule has 26 heavy (non-hydrogen) atoms. The van der Waals surface area contributed by atoms with Crippen LogP contribution in [0.25, 0.3) is 33.5 Å². The Morgan fingerprint density at radius 2 is 1.69 bits per heavy atom. The molecular weight excluding hydrogens is 328 g/mol. The Morgan fingerprint density at radius 1 is 1.00 bits per heavy atom. The van der Waals surface area contributed by atoms with Crippen molar-refractivity contribution >= 4 is 17.0 Å². The highest BCUT2D eigenvalue weighted by Gasteiger charge is 2.11. The van der Waals surface area contributed by atoms with Gasteiger partial charge >= 0.3 is 5.97 Å². The topological polar surface area (TPSA) is 105 Å². The van der Waals surface area contributed by atoms with Crippen LogP contribution in [0.2, 0.25) is 0 Å². The highest BCUT2D eigenvalue weighted by Crippen LogP contribution is 2.30. The van der Waals surface area contributed by atoms with E-state index in [1.165, 1.54) is 6.33 Å². The van der Waals surface area contributed by atoms with Crippen LogP contribution in [0.5, 0.6) is 0 Å². The normalized spacial score (nSPS) is 11.0. The molecule has 6 heteroatoms. The molecule has 0 bridgehead atoms. The smallest absolute Gasteiger partial charge is 0.335 e. The molecule has 0 fully saturated rings. The lowest BCUT2D eigenvalue weighted by Crippen LogP contribution is -1.95. The van der Waals surface area contributed by atoms with E-state index in [1.54, 1.807) is 24.3 Å². The highest BCUT2D eigenvalue weighted by molar-refractivity contribution is 5.94. The number of hydrogen-bond donors (Lipinski definition) is 3. The third-order valence-electron chi connectivity index (χ3n) is 4.33.